The molecule has 0 radical (unpaired) electrons. The van der Waals surface area contributed by atoms with E-state index in [1.807, 2.05) is 0 Å². The van der Waals surface area contributed by atoms with Gasteiger partial charge in [0.2, 0.25) is 5.91 Å². The monoisotopic (exact) mass is 304 g/mol. The van der Waals surface area contributed by atoms with Gasteiger partial charge >= 0.3 is 0 Å². The predicted octanol–water partition coefficient (Wildman–Crippen LogP) is 2.34. The van der Waals surface area contributed by atoms with Crippen molar-refractivity contribution in [3.05, 3.63) is 0 Å². The summed E-state index contributed by atoms with van der Waals surface area (Å²) in [7, 11) is 1.63. The van der Waals surface area contributed by atoms with Crippen molar-refractivity contribution >= 4 is 18.3 Å². The maximum atomic E-state index is 12.4. The highest BCUT2D eigenvalue weighted by atomic mass is 35.5. The number of hydrogen-bond donors (Lipinski definition) is 1. The third kappa shape index (κ3) is 4.34. The van der Waals surface area contributed by atoms with Crippen LogP contribution in [-0.4, -0.2) is 43.2 Å². The number of hydrogen-bond acceptors (Lipinski definition) is 3. The Hall–Kier alpha value is -0.320. The fraction of sp³-hybridized carbons (Fsp3) is 0.933. The maximum Gasteiger partial charge on any atom is 0.225 e. The molecule has 1 aliphatic carbocycles. The number of rotatable bonds is 5. The number of amides is 1. The van der Waals surface area contributed by atoms with Gasteiger partial charge in [-0.3, -0.25) is 4.79 Å². The van der Waals surface area contributed by atoms with E-state index >= 15 is 0 Å². The first-order valence-electron chi connectivity index (χ1n) is 7.78. The smallest absolute Gasteiger partial charge is 0.225 e. The van der Waals surface area contributed by atoms with E-state index in [9.17, 15) is 4.79 Å². The van der Waals surface area contributed by atoms with Gasteiger partial charge in [-0.05, 0) is 31.6 Å². The van der Waals surface area contributed by atoms with Crippen molar-refractivity contribution in [2.75, 3.05) is 20.2 Å². The van der Waals surface area contributed by atoms with Crippen molar-refractivity contribution in [2.45, 2.75) is 63.5 Å². The Kier molecular flexibility index (Phi) is 7.85. The van der Waals surface area contributed by atoms with E-state index in [4.69, 9.17) is 10.5 Å². The van der Waals surface area contributed by atoms with E-state index in [0.717, 1.165) is 18.9 Å². The van der Waals surface area contributed by atoms with Crippen molar-refractivity contribution < 1.29 is 9.53 Å². The molecule has 20 heavy (non-hydrogen) atoms. The Morgan fingerprint density at radius 1 is 1.25 bits per heavy atom. The van der Waals surface area contributed by atoms with Gasteiger partial charge in [-0.25, -0.2) is 0 Å². The molecule has 0 aromatic carbocycles. The summed E-state index contributed by atoms with van der Waals surface area (Å²) in [4.78, 5) is 14.5. The quantitative estimate of drug-likeness (QED) is 0.848. The molecule has 0 spiro atoms. The third-order valence-corrected chi connectivity index (χ3v) is 4.81. The van der Waals surface area contributed by atoms with Gasteiger partial charge in [0, 0.05) is 26.2 Å². The second kappa shape index (κ2) is 8.85. The Balaban J connectivity index is 0.00000200. The summed E-state index contributed by atoms with van der Waals surface area (Å²) in [6, 6.07) is 0.489. The third-order valence-electron chi connectivity index (χ3n) is 4.81. The van der Waals surface area contributed by atoms with E-state index in [2.05, 4.69) is 4.90 Å². The highest BCUT2D eigenvalue weighted by Crippen LogP contribution is 2.34. The van der Waals surface area contributed by atoms with Crippen LogP contribution in [0.3, 0.4) is 0 Å². The van der Waals surface area contributed by atoms with E-state index in [1.54, 1.807) is 7.11 Å². The van der Waals surface area contributed by atoms with Gasteiger partial charge in [0.05, 0.1) is 12.5 Å². The lowest BCUT2D eigenvalue weighted by Crippen LogP contribution is -2.42. The van der Waals surface area contributed by atoms with Crippen LogP contribution >= 0.6 is 12.4 Å². The highest BCUT2D eigenvalue weighted by Gasteiger charge is 2.35. The molecule has 0 bridgehead atoms. The van der Waals surface area contributed by atoms with Crippen molar-refractivity contribution in [2.24, 2.45) is 11.7 Å². The molecule has 1 amide bonds. The van der Waals surface area contributed by atoms with Gasteiger partial charge in [-0.15, -0.1) is 12.4 Å². The number of nitrogens with two attached hydrogens (primary N) is 1. The first-order valence-corrected chi connectivity index (χ1v) is 7.78. The van der Waals surface area contributed by atoms with Gasteiger partial charge in [0.1, 0.15) is 0 Å². The lowest BCUT2D eigenvalue weighted by atomic mass is 9.83. The number of carbonyl (C=O) groups excluding carboxylic acids is 1. The van der Waals surface area contributed by atoms with Crippen LogP contribution in [0, 0.1) is 5.92 Å². The largest absolute Gasteiger partial charge is 0.380 e. The molecule has 1 heterocycles. The number of carbonyl (C=O) groups is 1. The molecule has 1 saturated heterocycles. The molecule has 5 heteroatoms. The first kappa shape index (κ1) is 17.7. The number of halogens is 1. The molecule has 2 N–H and O–H groups in total. The fourth-order valence-electron chi connectivity index (χ4n) is 3.69. The summed E-state index contributed by atoms with van der Waals surface area (Å²) in [6.07, 6.45) is 9.33. The highest BCUT2D eigenvalue weighted by molar-refractivity contribution is 5.85. The molecule has 0 aromatic rings. The van der Waals surface area contributed by atoms with Gasteiger partial charge in [0.25, 0.3) is 0 Å². The molecule has 2 rings (SSSR count). The van der Waals surface area contributed by atoms with E-state index in [0.29, 0.717) is 19.0 Å². The molecule has 4 nitrogen and oxygen atoms in total. The molecule has 2 unspecified atom stereocenters. The maximum absolute atomic E-state index is 12.4. The Morgan fingerprint density at radius 3 is 2.55 bits per heavy atom. The van der Waals surface area contributed by atoms with E-state index in [1.165, 1.54) is 38.5 Å². The Bertz CT molecular complexity index is 292. The van der Waals surface area contributed by atoms with Gasteiger partial charge in [-0.1, -0.05) is 19.3 Å². The Labute approximate surface area is 128 Å². The molecule has 118 valence electrons. The second-order valence-corrected chi connectivity index (χ2v) is 5.99. The minimum atomic E-state index is -0.125. The average molecular weight is 305 g/mol. The van der Waals surface area contributed by atoms with Crippen molar-refractivity contribution in [1.29, 1.82) is 0 Å². The van der Waals surface area contributed by atoms with Crippen molar-refractivity contribution in [3.63, 3.8) is 0 Å². The minimum Gasteiger partial charge on any atom is -0.380 e. The molecule has 1 aliphatic heterocycles. The predicted molar refractivity (Wildman–Crippen MR) is 83.0 cm³/mol. The number of likely N-dealkylation sites (tertiary alicyclic amines) is 1. The second-order valence-electron chi connectivity index (χ2n) is 5.99. The normalized spacial score (nSPS) is 25.3. The SMILES string of the molecule is COC(CN)CC(=O)N1CCCC1C1CCCCC1.Cl. The van der Waals surface area contributed by atoms with Crippen LogP contribution in [0.25, 0.3) is 0 Å². The summed E-state index contributed by atoms with van der Waals surface area (Å²) >= 11 is 0. The van der Waals surface area contributed by atoms with Crippen molar-refractivity contribution in [1.82, 2.24) is 4.90 Å². The van der Waals surface area contributed by atoms with Crippen LogP contribution in [0.15, 0.2) is 0 Å². The lowest BCUT2D eigenvalue weighted by Gasteiger charge is -2.34. The van der Waals surface area contributed by atoms with Crippen LogP contribution in [0.5, 0.6) is 0 Å². The zero-order chi connectivity index (χ0) is 13.7. The van der Waals surface area contributed by atoms with Crippen LogP contribution in [0.1, 0.15) is 51.4 Å². The number of ether oxygens (including phenoxy) is 1. The summed E-state index contributed by atoms with van der Waals surface area (Å²) < 4.78 is 5.24. The standard InChI is InChI=1S/C15H28N2O2.ClH/c1-19-13(11-16)10-15(18)17-9-5-8-14(17)12-6-3-2-4-7-12;/h12-14H,2-11,16H2,1H3;1H. The lowest BCUT2D eigenvalue weighted by molar-refractivity contribution is -0.135. The van der Waals surface area contributed by atoms with Gasteiger partial charge in [-0.2, -0.15) is 0 Å². The summed E-state index contributed by atoms with van der Waals surface area (Å²) in [5, 5.41) is 0. The first-order chi connectivity index (χ1) is 9.26. The summed E-state index contributed by atoms with van der Waals surface area (Å²) in [5.74, 6) is 0.976. The van der Waals surface area contributed by atoms with Crippen LogP contribution in [-0.2, 0) is 9.53 Å². The average Bonchev–Trinajstić information content (AvgIpc) is 2.95. The molecule has 0 aromatic heterocycles. The number of nitrogens with zero attached hydrogens (tertiary/aromatic N) is 1. The molecule has 1 saturated carbocycles. The van der Waals surface area contributed by atoms with Gasteiger partial charge < -0.3 is 15.4 Å². The molecular weight excluding hydrogens is 276 g/mol. The zero-order valence-corrected chi connectivity index (χ0v) is 13.4. The van der Waals surface area contributed by atoms with Crippen LogP contribution in [0.4, 0.5) is 0 Å². The van der Waals surface area contributed by atoms with Crippen LogP contribution in [0.2, 0.25) is 0 Å². The zero-order valence-electron chi connectivity index (χ0n) is 12.6. The van der Waals surface area contributed by atoms with E-state index in [-0.39, 0.29) is 24.4 Å². The molecule has 2 fully saturated rings. The van der Waals surface area contributed by atoms with Crippen LogP contribution < -0.4 is 5.73 Å². The summed E-state index contributed by atoms with van der Waals surface area (Å²) in [6.45, 7) is 1.35. The molecule has 2 atom stereocenters. The Morgan fingerprint density at radius 2 is 1.95 bits per heavy atom. The molecular formula is C15H29ClN2O2. The van der Waals surface area contributed by atoms with Crippen molar-refractivity contribution in [3.8, 4) is 0 Å². The minimum absolute atomic E-state index is 0. The van der Waals surface area contributed by atoms with Gasteiger partial charge in [0.15, 0.2) is 0 Å². The topological polar surface area (TPSA) is 55.6 Å². The van der Waals surface area contributed by atoms with E-state index < -0.39 is 0 Å². The molecule has 2 aliphatic rings. The fourth-order valence-corrected chi connectivity index (χ4v) is 3.69. The number of methoxy groups -OCH3 is 1. The summed E-state index contributed by atoms with van der Waals surface area (Å²) in [5.41, 5.74) is 5.61.